The van der Waals surface area contributed by atoms with Crippen molar-refractivity contribution in [3.8, 4) is 11.5 Å². The van der Waals surface area contributed by atoms with Crippen LogP contribution >= 0.6 is 11.3 Å². The molecule has 0 saturated heterocycles. The molecule has 4 aromatic rings. The molecule has 0 unspecified atom stereocenters. The zero-order chi connectivity index (χ0) is 18.6. The molecule has 0 aliphatic heterocycles. The number of fused-ring (bicyclic) bond motifs is 1. The lowest BCUT2D eigenvalue weighted by Gasteiger charge is -2.12. The average Bonchev–Trinajstić information content (AvgIpc) is 3.16. The summed E-state index contributed by atoms with van der Waals surface area (Å²) in [7, 11) is 0. The van der Waals surface area contributed by atoms with E-state index in [4.69, 9.17) is 4.74 Å². The van der Waals surface area contributed by atoms with Crippen LogP contribution in [0.5, 0.6) is 11.5 Å². The lowest BCUT2D eigenvalue weighted by Crippen LogP contribution is -2.07. The number of rotatable bonds is 6. The van der Waals surface area contributed by atoms with E-state index in [9.17, 15) is 9.18 Å². The van der Waals surface area contributed by atoms with Crippen LogP contribution in [0.4, 0.5) is 4.39 Å². The number of aromatic nitrogens is 1. The molecule has 0 amide bonds. The summed E-state index contributed by atoms with van der Waals surface area (Å²) in [6.45, 7) is 0. The molecule has 0 bridgehead atoms. The van der Waals surface area contributed by atoms with E-state index in [0.717, 1.165) is 15.8 Å². The van der Waals surface area contributed by atoms with Gasteiger partial charge in [-0.2, -0.15) is 0 Å². The van der Waals surface area contributed by atoms with E-state index in [0.29, 0.717) is 17.1 Å². The Morgan fingerprint density at radius 3 is 2.67 bits per heavy atom. The minimum Gasteiger partial charge on any atom is -0.457 e. The van der Waals surface area contributed by atoms with Gasteiger partial charge in [0.05, 0.1) is 11.4 Å². The molecule has 1 aromatic heterocycles. The van der Waals surface area contributed by atoms with Crippen LogP contribution in [0.25, 0.3) is 10.8 Å². The first-order valence-corrected chi connectivity index (χ1v) is 9.40. The van der Waals surface area contributed by atoms with Crippen molar-refractivity contribution in [1.82, 2.24) is 4.98 Å². The zero-order valence-corrected chi connectivity index (χ0v) is 15.2. The Bertz CT molecular complexity index is 1090. The lowest BCUT2D eigenvalue weighted by atomic mass is 10.1. The van der Waals surface area contributed by atoms with E-state index < -0.39 is 5.82 Å². The van der Waals surface area contributed by atoms with Crippen molar-refractivity contribution in [3.05, 3.63) is 88.6 Å². The van der Waals surface area contributed by atoms with Gasteiger partial charge >= 0.3 is 0 Å². The molecular weight excluding hydrogens is 361 g/mol. The third kappa shape index (κ3) is 4.20. The summed E-state index contributed by atoms with van der Waals surface area (Å²) in [5, 5.41) is 4.76. The third-order valence-electron chi connectivity index (χ3n) is 4.19. The van der Waals surface area contributed by atoms with Crippen molar-refractivity contribution in [1.29, 1.82) is 0 Å². The van der Waals surface area contributed by atoms with Crippen LogP contribution in [0.1, 0.15) is 10.6 Å². The minimum atomic E-state index is -0.391. The minimum absolute atomic E-state index is 0.0288. The van der Waals surface area contributed by atoms with Crippen molar-refractivity contribution < 1.29 is 13.9 Å². The van der Waals surface area contributed by atoms with Gasteiger partial charge in [0.1, 0.15) is 23.1 Å². The molecule has 27 heavy (non-hydrogen) atoms. The highest BCUT2D eigenvalue weighted by Gasteiger charge is 2.13. The fraction of sp³-hybridized carbons (Fsp3) is 0.0909. The maximum absolute atomic E-state index is 13.7. The monoisotopic (exact) mass is 377 g/mol. The molecule has 3 nitrogen and oxygen atoms in total. The molecule has 0 aliphatic rings. The Kier molecular flexibility index (Phi) is 4.94. The summed E-state index contributed by atoms with van der Waals surface area (Å²) in [5.74, 6) is 0.713. The summed E-state index contributed by atoms with van der Waals surface area (Å²) < 4.78 is 19.7. The van der Waals surface area contributed by atoms with Crippen LogP contribution in [-0.2, 0) is 17.6 Å². The maximum atomic E-state index is 13.7. The first-order valence-electron chi connectivity index (χ1n) is 8.52. The van der Waals surface area contributed by atoms with E-state index in [1.54, 1.807) is 12.3 Å². The number of ketones is 1. The fourth-order valence-corrected chi connectivity index (χ4v) is 3.57. The number of ether oxygens (including phenoxy) is 1. The van der Waals surface area contributed by atoms with Gasteiger partial charge in [-0.25, -0.2) is 9.37 Å². The SMILES string of the molecule is O=C(Cc1nccs1)Cc1cc(F)ccc1Oc1ccc2ccccc2c1. The van der Waals surface area contributed by atoms with Gasteiger partial charge in [-0.1, -0.05) is 30.3 Å². The van der Waals surface area contributed by atoms with E-state index >= 15 is 0 Å². The number of halogens is 1. The predicted molar refractivity (Wildman–Crippen MR) is 105 cm³/mol. The Hall–Kier alpha value is -3.05. The molecule has 5 heteroatoms. The van der Waals surface area contributed by atoms with Gasteiger partial charge in [0.15, 0.2) is 0 Å². The van der Waals surface area contributed by atoms with Crippen LogP contribution in [0.3, 0.4) is 0 Å². The van der Waals surface area contributed by atoms with Crippen molar-refractivity contribution in [2.45, 2.75) is 12.8 Å². The molecule has 1 heterocycles. The highest BCUT2D eigenvalue weighted by atomic mass is 32.1. The fourth-order valence-electron chi connectivity index (χ4n) is 2.93. The van der Waals surface area contributed by atoms with Crippen LogP contribution in [0, 0.1) is 5.82 Å². The smallest absolute Gasteiger partial charge is 0.144 e. The van der Waals surface area contributed by atoms with Gasteiger partial charge < -0.3 is 4.74 Å². The summed E-state index contributed by atoms with van der Waals surface area (Å²) in [4.78, 5) is 16.5. The molecule has 134 valence electrons. The second-order valence-corrected chi connectivity index (χ2v) is 7.16. The number of thiazole rings is 1. The standard InChI is InChI=1S/C22H16FNO2S/c23-18-6-8-21(17(11-18)12-19(25)14-22-24-9-10-27-22)26-20-7-5-15-3-1-2-4-16(15)13-20/h1-11,13H,12,14H2. The zero-order valence-electron chi connectivity index (χ0n) is 14.4. The summed E-state index contributed by atoms with van der Waals surface area (Å²) in [6.07, 6.45) is 2.01. The third-order valence-corrected chi connectivity index (χ3v) is 4.97. The van der Waals surface area contributed by atoms with Crippen LogP contribution in [-0.4, -0.2) is 10.8 Å². The highest BCUT2D eigenvalue weighted by Crippen LogP contribution is 2.29. The van der Waals surface area contributed by atoms with Crippen molar-refractivity contribution in [2.24, 2.45) is 0 Å². The van der Waals surface area contributed by atoms with E-state index in [2.05, 4.69) is 4.98 Å². The number of hydrogen-bond acceptors (Lipinski definition) is 4. The van der Waals surface area contributed by atoms with Crippen molar-refractivity contribution in [2.75, 3.05) is 0 Å². The molecule has 4 rings (SSSR count). The quantitative estimate of drug-likeness (QED) is 0.440. The summed E-state index contributed by atoms with van der Waals surface area (Å²) in [6, 6.07) is 18.0. The molecular formula is C22H16FNO2S. The van der Waals surface area contributed by atoms with Gasteiger partial charge in [-0.05, 0) is 41.1 Å². The average molecular weight is 377 g/mol. The largest absolute Gasteiger partial charge is 0.457 e. The van der Waals surface area contributed by atoms with Crippen LogP contribution < -0.4 is 4.74 Å². The summed E-state index contributed by atoms with van der Waals surface area (Å²) >= 11 is 1.44. The first kappa shape index (κ1) is 17.4. The van der Waals surface area contributed by atoms with Gasteiger partial charge in [-0.3, -0.25) is 4.79 Å². The molecule has 0 fully saturated rings. The predicted octanol–water partition coefficient (Wildman–Crippen LogP) is 5.58. The number of nitrogens with zero attached hydrogens (tertiary/aromatic N) is 1. The number of benzene rings is 3. The molecule has 0 N–H and O–H groups in total. The number of Topliss-reactive ketones (excluding diaryl/α,β-unsaturated/α-hetero) is 1. The molecule has 0 spiro atoms. The second-order valence-electron chi connectivity index (χ2n) is 6.18. The van der Waals surface area contributed by atoms with Gasteiger partial charge in [0.2, 0.25) is 0 Å². The van der Waals surface area contributed by atoms with Crippen LogP contribution in [0.15, 0.2) is 72.2 Å². The van der Waals surface area contributed by atoms with E-state index in [-0.39, 0.29) is 18.6 Å². The Labute approximate surface area is 160 Å². The molecule has 0 aliphatic carbocycles. The van der Waals surface area contributed by atoms with Crippen molar-refractivity contribution >= 4 is 27.9 Å². The Morgan fingerprint density at radius 1 is 1.00 bits per heavy atom. The van der Waals surface area contributed by atoms with E-state index in [1.165, 1.54) is 23.5 Å². The van der Waals surface area contributed by atoms with E-state index in [1.807, 2.05) is 47.8 Å². The highest BCUT2D eigenvalue weighted by molar-refractivity contribution is 7.09. The Balaban J connectivity index is 1.57. The maximum Gasteiger partial charge on any atom is 0.144 e. The Morgan fingerprint density at radius 2 is 1.85 bits per heavy atom. The normalized spacial score (nSPS) is 10.9. The van der Waals surface area contributed by atoms with Gasteiger partial charge in [-0.15, -0.1) is 11.3 Å². The topological polar surface area (TPSA) is 39.2 Å². The van der Waals surface area contributed by atoms with Crippen LogP contribution in [0.2, 0.25) is 0 Å². The van der Waals surface area contributed by atoms with Gasteiger partial charge in [0, 0.05) is 23.6 Å². The first-order chi connectivity index (χ1) is 13.2. The second kappa shape index (κ2) is 7.68. The molecule has 0 radical (unpaired) electrons. The molecule has 3 aromatic carbocycles. The molecule has 0 saturated carbocycles. The van der Waals surface area contributed by atoms with Crippen molar-refractivity contribution in [3.63, 3.8) is 0 Å². The van der Waals surface area contributed by atoms with Gasteiger partial charge in [0.25, 0.3) is 0 Å². The molecule has 0 atom stereocenters. The number of hydrogen-bond donors (Lipinski definition) is 0. The number of carbonyl (C=O) groups excluding carboxylic acids is 1. The lowest BCUT2D eigenvalue weighted by molar-refractivity contribution is -0.117. The summed E-state index contributed by atoms with van der Waals surface area (Å²) in [5.41, 5.74) is 0.532. The number of carbonyl (C=O) groups is 1.